The minimum absolute atomic E-state index is 0.235. The second-order valence-electron chi connectivity index (χ2n) is 4.19. The molecule has 2 rings (SSSR count). The van der Waals surface area contributed by atoms with Crippen molar-refractivity contribution in [1.29, 1.82) is 0 Å². The topological polar surface area (TPSA) is 29.9 Å². The third-order valence-corrected chi connectivity index (χ3v) is 3.98. The Morgan fingerprint density at radius 3 is 2.76 bits per heavy atom. The van der Waals surface area contributed by atoms with E-state index in [0.717, 1.165) is 12.1 Å². The fraction of sp³-hybridized carbons (Fsp3) is 0.462. The number of thiophene rings is 1. The van der Waals surface area contributed by atoms with Crippen LogP contribution in [0.5, 0.6) is 0 Å². The van der Waals surface area contributed by atoms with Crippen molar-refractivity contribution in [2.45, 2.75) is 26.3 Å². The summed E-state index contributed by atoms with van der Waals surface area (Å²) in [4.78, 5) is 1.36. The average Bonchev–Trinajstić information content (AvgIpc) is 2.88. The van der Waals surface area contributed by atoms with E-state index in [1.165, 1.54) is 16.1 Å². The first-order valence-electron chi connectivity index (χ1n) is 5.91. The van der Waals surface area contributed by atoms with Gasteiger partial charge in [-0.05, 0) is 43.5 Å². The van der Waals surface area contributed by atoms with Gasteiger partial charge in [0, 0.05) is 11.9 Å². The predicted octanol–water partition coefficient (Wildman–Crippen LogP) is 2.66. The van der Waals surface area contributed by atoms with E-state index >= 15 is 0 Å². The Bertz CT molecular complexity index is 498. The Kier molecular flexibility index (Phi) is 3.64. The fourth-order valence-electron chi connectivity index (χ4n) is 2.14. The highest BCUT2D eigenvalue weighted by Crippen LogP contribution is 2.28. The van der Waals surface area contributed by atoms with Gasteiger partial charge in [0.05, 0.1) is 17.4 Å². The third-order valence-electron chi connectivity index (χ3n) is 3.12. The first kappa shape index (κ1) is 12.3. The molecule has 1 atom stereocenters. The lowest BCUT2D eigenvalue weighted by Gasteiger charge is -2.16. The molecule has 0 amide bonds. The van der Waals surface area contributed by atoms with Crippen molar-refractivity contribution in [2.24, 2.45) is 7.05 Å². The molecule has 2 aromatic heterocycles. The molecule has 1 N–H and O–H groups in total. The molecule has 0 saturated carbocycles. The summed E-state index contributed by atoms with van der Waals surface area (Å²) in [5.74, 6) is 0. The lowest BCUT2D eigenvalue weighted by molar-refractivity contribution is 0.603. The van der Waals surface area contributed by atoms with Gasteiger partial charge in [-0.3, -0.25) is 4.68 Å². The normalized spacial score (nSPS) is 12.9. The summed E-state index contributed by atoms with van der Waals surface area (Å²) < 4.78 is 1.98. The summed E-state index contributed by atoms with van der Waals surface area (Å²) in [5.41, 5.74) is 3.73. The second-order valence-corrected chi connectivity index (χ2v) is 5.31. The minimum atomic E-state index is 0.235. The fourth-order valence-corrected chi connectivity index (χ4v) is 2.88. The van der Waals surface area contributed by atoms with Gasteiger partial charge in [0.15, 0.2) is 0 Å². The molecule has 17 heavy (non-hydrogen) atoms. The molecule has 0 aliphatic heterocycles. The lowest BCUT2D eigenvalue weighted by Crippen LogP contribution is -2.20. The monoisotopic (exact) mass is 249 g/mol. The zero-order valence-electron chi connectivity index (χ0n) is 10.8. The Balaban J connectivity index is 2.42. The Hall–Kier alpha value is -1.13. The number of rotatable bonds is 4. The largest absolute Gasteiger partial charge is 0.308 e. The number of aromatic nitrogens is 2. The van der Waals surface area contributed by atoms with E-state index in [2.05, 4.69) is 41.8 Å². The van der Waals surface area contributed by atoms with Crippen LogP contribution in [0.15, 0.2) is 17.5 Å². The summed E-state index contributed by atoms with van der Waals surface area (Å²) in [6, 6.07) is 4.62. The SMILES string of the molecule is CCc1cc(C(NC)c2ccsc2C)n(C)n1. The Morgan fingerprint density at radius 2 is 2.29 bits per heavy atom. The zero-order valence-corrected chi connectivity index (χ0v) is 11.6. The van der Waals surface area contributed by atoms with Crippen LogP contribution in [0.3, 0.4) is 0 Å². The molecule has 0 spiro atoms. The highest BCUT2D eigenvalue weighted by molar-refractivity contribution is 7.10. The van der Waals surface area contributed by atoms with E-state index in [9.17, 15) is 0 Å². The molecular weight excluding hydrogens is 230 g/mol. The van der Waals surface area contributed by atoms with Gasteiger partial charge in [-0.25, -0.2) is 0 Å². The van der Waals surface area contributed by atoms with E-state index in [0.29, 0.717) is 0 Å². The first-order valence-corrected chi connectivity index (χ1v) is 6.79. The summed E-state index contributed by atoms with van der Waals surface area (Å²) in [6.45, 7) is 4.30. The molecule has 0 aliphatic carbocycles. The molecular formula is C13H19N3S. The van der Waals surface area contributed by atoms with Crippen LogP contribution in [-0.2, 0) is 13.5 Å². The average molecular weight is 249 g/mol. The van der Waals surface area contributed by atoms with Crippen molar-refractivity contribution in [3.05, 3.63) is 39.3 Å². The molecule has 2 aromatic rings. The van der Waals surface area contributed by atoms with E-state index in [-0.39, 0.29) is 6.04 Å². The molecule has 0 bridgehead atoms. The quantitative estimate of drug-likeness (QED) is 0.903. The van der Waals surface area contributed by atoms with Crippen molar-refractivity contribution in [3.63, 3.8) is 0 Å². The highest BCUT2D eigenvalue weighted by Gasteiger charge is 2.19. The van der Waals surface area contributed by atoms with E-state index in [1.54, 1.807) is 11.3 Å². The standard InChI is InChI=1S/C13H19N3S/c1-5-10-8-12(16(4)15-10)13(14-3)11-6-7-17-9(11)2/h6-8,13-14H,5H2,1-4H3. The summed E-state index contributed by atoms with van der Waals surface area (Å²) in [7, 11) is 4.01. The van der Waals surface area contributed by atoms with Gasteiger partial charge in [0.25, 0.3) is 0 Å². The maximum Gasteiger partial charge on any atom is 0.0756 e. The molecule has 3 nitrogen and oxygen atoms in total. The Morgan fingerprint density at radius 1 is 1.53 bits per heavy atom. The van der Waals surface area contributed by atoms with Crippen LogP contribution in [0.2, 0.25) is 0 Å². The van der Waals surface area contributed by atoms with Crippen molar-refractivity contribution in [1.82, 2.24) is 15.1 Å². The molecule has 0 saturated heterocycles. The van der Waals surface area contributed by atoms with Crippen molar-refractivity contribution >= 4 is 11.3 Å². The molecule has 92 valence electrons. The number of nitrogens with one attached hydrogen (secondary N) is 1. The number of hydrogen-bond acceptors (Lipinski definition) is 3. The van der Waals surface area contributed by atoms with Crippen LogP contribution in [0, 0.1) is 6.92 Å². The number of hydrogen-bond donors (Lipinski definition) is 1. The van der Waals surface area contributed by atoms with Gasteiger partial charge >= 0.3 is 0 Å². The summed E-state index contributed by atoms with van der Waals surface area (Å²) in [6.07, 6.45) is 0.979. The van der Waals surface area contributed by atoms with Crippen LogP contribution >= 0.6 is 11.3 Å². The van der Waals surface area contributed by atoms with Gasteiger partial charge in [0.2, 0.25) is 0 Å². The van der Waals surface area contributed by atoms with Crippen molar-refractivity contribution in [2.75, 3.05) is 7.05 Å². The minimum Gasteiger partial charge on any atom is -0.308 e. The first-order chi connectivity index (χ1) is 8.17. The maximum atomic E-state index is 4.52. The van der Waals surface area contributed by atoms with E-state index < -0.39 is 0 Å². The van der Waals surface area contributed by atoms with Crippen LogP contribution in [0.4, 0.5) is 0 Å². The summed E-state index contributed by atoms with van der Waals surface area (Å²) in [5, 5.41) is 10.0. The van der Waals surface area contributed by atoms with Gasteiger partial charge in [-0.1, -0.05) is 6.92 Å². The smallest absolute Gasteiger partial charge is 0.0756 e. The van der Waals surface area contributed by atoms with Gasteiger partial charge in [-0.2, -0.15) is 5.10 Å². The zero-order chi connectivity index (χ0) is 12.4. The molecule has 1 unspecified atom stereocenters. The van der Waals surface area contributed by atoms with Gasteiger partial charge in [-0.15, -0.1) is 11.3 Å². The number of aryl methyl sites for hydroxylation is 3. The van der Waals surface area contributed by atoms with E-state index in [4.69, 9.17) is 0 Å². The van der Waals surface area contributed by atoms with Crippen LogP contribution in [0.25, 0.3) is 0 Å². The maximum absolute atomic E-state index is 4.52. The van der Waals surface area contributed by atoms with Crippen LogP contribution in [-0.4, -0.2) is 16.8 Å². The van der Waals surface area contributed by atoms with E-state index in [1.807, 2.05) is 18.8 Å². The van der Waals surface area contributed by atoms with Crippen LogP contribution < -0.4 is 5.32 Å². The molecule has 0 aromatic carbocycles. The molecule has 0 fully saturated rings. The lowest BCUT2D eigenvalue weighted by atomic mass is 10.0. The molecule has 0 radical (unpaired) electrons. The predicted molar refractivity (Wildman–Crippen MR) is 72.5 cm³/mol. The summed E-state index contributed by atoms with van der Waals surface area (Å²) >= 11 is 1.79. The Labute approximate surface area is 106 Å². The highest BCUT2D eigenvalue weighted by atomic mass is 32.1. The number of nitrogens with zero attached hydrogens (tertiary/aromatic N) is 2. The van der Waals surface area contributed by atoms with Crippen molar-refractivity contribution in [3.8, 4) is 0 Å². The molecule has 4 heteroatoms. The van der Waals surface area contributed by atoms with Crippen LogP contribution in [0.1, 0.15) is 34.8 Å². The molecule has 2 heterocycles. The third kappa shape index (κ3) is 2.28. The van der Waals surface area contributed by atoms with Gasteiger partial charge < -0.3 is 5.32 Å². The van der Waals surface area contributed by atoms with Gasteiger partial charge in [0.1, 0.15) is 0 Å². The second kappa shape index (κ2) is 5.02. The molecule has 0 aliphatic rings. The van der Waals surface area contributed by atoms with Crippen molar-refractivity contribution < 1.29 is 0 Å².